The number of hydrogen-bond donors (Lipinski definition) is 3. The van der Waals surface area contributed by atoms with Gasteiger partial charge < -0.3 is 20.8 Å². The van der Waals surface area contributed by atoms with Crippen molar-refractivity contribution in [3.63, 3.8) is 0 Å². The molecule has 1 heterocycles. The van der Waals surface area contributed by atoms with Crippen LogP contribution < -0.4 is 21.6 Å². The highest BCUT2D eigenvalue weighted by atomic mass is 16.6. The SMILES string of the molecule is C.CC.CC(C)(C)OC(=O)NCC1=CC=c2[nH]c(C(N)=O)cc2=CC1(C)C. The maximum absolute atomic E-state index is 11.8. The van der Waals surface area contributed by atoms with E-state index in [1.165, 1.54) is 0 Å². The lowest BCUT2D eigenvalue weighted by Gasteiger charge is -2.25. The van der Waals surface area contributed by atoms with Crippen molar-refractivity contribution in [2.45, 2.75) is 61.5 Å². The first kappa shape index (κ1) is 24.5. The number of ether oxygens (including phenoxy) is 1. The van der Waals surface area contributed by atoms with Crippen molar-refractivity contribution in [2.24, 2.45) is 11.1 Å². The zero-order valence-corrected chi connectivity index (χ0v) is 16.8. The molecule has 0 radical (unpaired) electrons. The fourth-order valence-electron chi connectivity index (χ4n) is 2.53. The molecule has 0 fully saturated rings. The highest BCUT2D eigenvalue weighted by Crippen LogP contribution is 2.28. The molecule has 0 aromatic carbocycles. The number of carbonyl (C=O) groups excluding carboxylic acids is 2. The van der Waals surface area contributed by atoms with Gasteiger partial charge in [0.1, 0.15) is 11.3 Å². The molecule has 0 aliphatic heterocycles. The Hall–Kier alpha value is -2.50. The normalized spacial score (nSPS) is 14.4. The van der Waals surface area contributed by atoms with E-state index in [-0.39, 0.29) is 12.8 Å². The summed E-state index contributed by atoms with van der Waals surface area (Å²) in [5.41, 5.74) is 5.90. The maximum atomic E-state index is 11.8. The van der Waals surface area contributed by atoms with Gasteiger partial charge in [0.05, 0.1) is 0 Å². The number of rotatable bonds is 3. The van der Waals surface area contributed by atoms with Crippen LogP contribution in [-0.4, -0.2) is 29.1 Å². The molecule has 27 heavy (non-hydrogen) atoms. The van der Waals surface area contributed by atoms with Crippen molar-refractivity contribution in [1.82, 2.24) is 10.3 Å². The number of allylic oxidation sites excluding steroid dienone is 1. The van der Waals surface area contributed by atoms with Crippen molar-refractivity contribution in [2.75, 3.05) is 6.54 Å². The van der Waals surface area contributed by atoms with E-state index < -0.39 is 17.6 Å². The van der Waals surface area contributed by atoms with Gasteiger partial charge in [0.2, 0.25) is 0 Å². The Bertz CT molecular complexity index is 809. The lowest BCUT2D eigenvalue weighted by Crippen LogP contribution is -2.35. The summed E-state index contributed by atoms with van der Waals surface area (Å²) in [6.45, 7) is 14.0. The molecular formula is C21H35N3O3. The van der Waals surface area contributed by atoms with E-state index in [1.54, 1.807) is 6.07 Å². The predicted molar refractivity (Wildman–Crippen MR) is 112 cm³/mol. The fourth-order valence-corrected chi connectivity index (χ4v) is 2.53. The van der Waals surface area contributed by atoms with E-state index in [0.717, 1.165) is 16.1 Å². The summed E-state index contributed by atoms with van der Waals surface area (Å²) in [5.74, 6) is -0.488. The van der Waals surface area contributed by atoms with Crippen molar-refractivity contribution >= 4 is 24.2 Å². The Balaban J connectivity index is 0.00000218. The summed E-state index contributed by atoms with van der Waals surface area (Å²) in [4.78, 5) is 26.2. The van der Waals surface area contributed by atoms with E-state index in [9.17, 15) is 9.59 Å². The minimum Gasteiger partial charge on any atom is -0.444 e. The first-order valence-corrected chi connectivity index (χ1v) is 8.88. The number of primary amides is 1. The smallest absolute Gasteiger partial charge is 0.407 e. The van der Waals surface area contributed by atoms with Gasteiger partial charge in [-0.1, -0.05) is 47.3 Å². The molecule has 2 rings (SSSR count). The second-order valence-electron chi connectivity index (χ2n) is 7.50. The quantitative estimate of drug-likeness (QED) is 0.755. The number of alkyl carbamates (subject to hydrolysis) is 1. The van der Waals surface area contributed by atoms with Crippen LogP contribution >= 0.6 is 0 Å². The van der Waals surface area contributed by atoms with Gasteiger partial charge >= 0.3 is 6.09 Å². The maximum Gasteiger partial charge on any atom is 0.407 e. The van der Waals surface area contributed by atoms with E-state index in [2.05, 4.69) is 30.2 Å². The zero-order chi connectivity index (χ0) is 20.1. The molecule has 0 saturated heterocycles. The van der Waals surface area contributed by atoms with E-state index in [0.29, 0.717) is 12.2 Å². The third-order valence-electron chi connectivity index (χ3n) is 3.76. The minimum absolute atomic E-state index is 0. The third kappa shape index (κ3) is 6.96. The second-order valence-corrected chi connectivity index (χ2v) is 7.50. The van der Waals surface area contributed by atoms with Crippen LogP contribution in [0.15, 0.2) is 17.7 Å². The Morgan fingerprint density at radius 1 is 1.22 bits per heavy atom. The summed E-state index contributed by atoms with van der Waals surface area (Å²) >= 11 is 0. The monoisotopic (exact) mass is 377 g/mol. The summed E-state index contributed by atoms with van der Waals surface area (Å²) in [6, 6.07) is 1.74. The Labute approximate surface area is 162 Å². The Morgan fingerprint density at radius 3 is 2.33 bits per heavy atom. The number of nitrogens with two attached hydrogens (primary N) is 1. The summed E-state index contributed by atoms with van der Waals surface area (Å²) < 4.78 is 5.26. The van der Waals surface area contributed by atoms with Crippen LogP contribution in [0.25, 0.3) is 12.2 Å². The van der Waals surface area contributed by atoms with Crippen LogP contribution in [0.4, 0.5) is 4.79 Å². The number of aromatic nitrogens is 1. The third-order valence-corrected chi connectivity index (χ3v) is 3.76. The molecule has 0 saturated carbocycles. The number of hydrogen-bond acceptors (Lipinski definition) is 3. The van der Waals surface area contributed by atoms with Crippen molar-refractivity contribution in [3.05, 3.63) is 34.0 Å². The predicted octanol–water partition coefficient (Wildman–Crippen LogP) is 2.83. The first-order valence-electron chi connectivity index (χ1n) is 8.88. The second kappa shape index (κ2) is 9.44. The van der Waals surface area contributed by atoms with Gasteiger partial charge in [0, 0.05) is 17.3 Å². The van der Waals surface area contributed by atoms with Crippen molar-refractivity contribution in [1.29, 1.82) is 0 Å². The molecule has 0 bridgehead atoms. The summed E-state index contributed by atoms with van der Waals surface area (Å²) in [5, 5.41) is 4.52. The molecule has 2 amide bonds. The van der Waals surface area contributed by atoms with Crippen molar-refractivity contribution in [3.8, 4) is 0 Å². The van der Waals surface area contributed by atoms with Gasteiger partial charge in [-0.2, -0.15) is 0 Å². The highest BCUT2D eigenvalue weighted by molar-refractivity contribution is 5.91. The Morgan fingerprint density at radius 2 is 1.81 bits per heavy atom. The van der Waals surface area contributed by atoms with Crippen LogP contribution in [-0.2, 0) is 4.74 Å². The number of amides is 2. The number of aromatic amines is 1. The number of H-pyrrole nitrogens is 1. The number of fused-ring (bicyclic) bond motifs is 1. The minimum atomic E-state index is -0.529. The van der Waals surface area contributed by atoms with E-state index in [1.807, 2.05) is 46.8 Å². The summed E-state index contributed by atoms with van der Waals surface area (Å²) in [7, 11) is 0. The van der Waals surface area contributed by atoms with Gasteiger partial charge in [-0.3, -0.25) is 4.79 Å². The van der Waals surface area contributed by atoms with Crippen LogP contribution in [0.3, 0.4) is 0 Å². The topological polar surface area (TPSA) is 97.2 Å². The first-order chi connectivity index (χ1) is 12.0. The van der Waals surface area contributed by atoms with Gasteiger partial charge in [-0.05, 0) is 43.7 Å². The molecule has 6 heteroatoms. The molecule has 0 atom stereocenters. The van der Waals surface area contributed by atoms with Crippen LogP contribution in [0, 0.1) is 5.41 Å². The lowest BCUT2D eigenvalue weighted by molar-refractivity contribution is 0.0531. The molecule has 1 aliphatic rings. The van der Waals surface area contributed by atoms with Gasteiger partial charge in [0.25, 0.3) is 5.91 Å². The average Bonchev–Trinajstić information content (AvgIpc) is 2.84. The van der Waals surface area contributed by atoms with Crippen LogP contribution in [0.2, 0.25) is 0 Å². The van der Waals surface area contributed by atoms with Gasteiger partial charge in [0.15, 0.2) is 0 Å². The number of carbonyl (C=O) groups is 2. The largest absolute Gasteiger partial charge is 0.444 e. The van der Waals surface area contributed by atoms with Crippen molar-refractivity contribution < 1.29 is 14.3 Å². The lowest BCUT2D eigenvalue weighted by atomic mass is 9.83. The molecule has 0 spiro atoms. The molecule has 6 nitrogen and oxygen atoms in total. The Kier molecular flexibility index (Phi) is 8.57. The molecule has 0 unspecified atom stereocenters. The summed E-state index contributed by atoms with van der Waals surface area (Å²) in [6.07, 6.45) is 5.44. The fraction of sp³-hybridized carbons (Fsp3) is 0.524. The standard InChI is InChI=1S/C18H25N3O3.C2H6.CH4/c1-17(2,3)24-16(23)20-10-12-6-7-13-11(9-18(12,4)5)8-14(21-13)15(19)22;1-2;/h6-9,21H,10H2,1-5H3,(H2,19,22)(H,20,23);1-2H3;1H4. The van der Waals surface area contributed by atoms with Gasteiger partial charge in [-0.25, -0.2) is 4.79 Å². The molecular weight excluding hydrogens is 342 g/mol. The van der Waals surface area contributed by atoms with E-state index in [4.69, 9.17) is 10.5 Å². The van der Waals surface area contributed by atoms with Crippen LogP contribution in [0.1, 0.15) is 66.4 Å². The average molecular weight is 378 g/mol. The van der Waals surface area contributed by atoms with E-state index >= 15 is 0 Å². The molecule has 4 N–H and O–H groups in total. The molecule has 1 aliphatic carbocycles. The zero-order valence-electron chi connectivity index (χ0n) is 16.8. The molecule has 1 aromatic rings. The molecule has 1 aromatic heterocycles. The molecule has 152 valence electrons. The highest BCUT2D eigenvalue weighted by Gasteiger charge is 2.23. The van der Waals surface area contributed by atoms with Gasteiger partial charge in [-0.15, -0.1) is 0 Å². The van der Waals surface area contributed by atoms with Crippen LogP contribution in [0.5, 0.6) is 0 Å². The number of nitrogens with one attached hydrogen (secondary N) is 2.